The van der Waals surface area contributed by atoms with Crippen LogP contribution < -0.4 is 14.9 Å². The summed E-state index contributed by atoms with van der Waals surface area (Å²) >= 11 is 6.19. The van der Waals surface area contributed by atoms with Crippen LogP contribution in [0.2, 0.25) is 5.02 Å². The van der Waals surface area contributed by atoms with Crippen molar-refractivity contribution in [3.05, 3.63) is 70.0 Å². The number of benzene rings is 2. The predicted molar refractivity (Wildman–Crippen MR) is 140 cm³/mol. The molecule has 0 radical (unpaired) electrons. The molecule has 1 fully saturated rings. The van der Waals surface area contributed by atoms with E-state index in [2.05, 4.69) is 15.0 Å². The number of ether oxygens (including phenoxy) is 1. The van der Waals surface area contributed by atoms with Gasteiger partial charge in [-0.15, -0.1) is 0 Å². The first-order valence-electron chi connectivity index (χ1n) is 11.3. The molecule has 0 saturated carbocycles. The number of ketones is 1. The van der Waals surface area contributed by atoms with Crippen molar-refractivity contribution in [2.45, 2.75) is 25.7 Å². The topological polar surface area (TPSA) is 121 Å². The molecular weight excluding hydrogens is 504 g/mol. The Morgan fingerprint density at radius 2 is 1.78 bits per heavy atom. The van der Waals surface area contributed by atoms with E-state index >= 15 is 0 Å². The maximum Gasteiger partial charge on any atom is 0.272 e. The van der Waals surface area contributed by atoms with Gasteiger partial charge in [0.05, 0.1) is 29.6 Å². The number of hydrogen-bond donors (Lipinski definition) is 3. The summed E-state index contributed by atoms with van der Waals surface area (Å²) in [6.45, 7) is 6.85. The number of H-pyrrole nitrogens is 1. The number of rotatable bonds is 7. The lowest BCUT2D eigenvalue weighted by Crippen LogP contribution is -2.37. The number of hydrogen-bond acceptors (Lipinski definition) is 6. The van der Waals surface area contributed by atoms with E-state index in [9.17, 15) is 18.0 Å². The molecule has 0 spiro atoms. The van der Waals surface area contributed by atoms with Gasteiger partial charge in [0.1, 0.15) is 10.6 Å². The first kappa shape index (κ1) is 25.7. The fourth-order valence-electron chi connectivity index (χ4n) is 4.32. The fraction of sp³-hybridized carbons (Fsp3) is 0.280. The molecule has 3 aromatic rings. The van der Waals surface area contributed by atoms with Crippen LogP contribution in [0.5, 0.6) is 0 Å². The molecule has 36 heavy (non-hydrogen) atoms. The predicted octanol–water partition coefficient (Wildman–Crippen LogP) is 4.38. The number of Topliss-reactive ketones (excluding diaryl/α,β-unsaturated/α-hetero) is 1. The minimum absolute atomic E-state index is 0.00840. The van der Waals surface area contributed by atoms with Gasteiger partial charge in [-0.1, -0.05) is 23.7 Å². The van der Waals surface area contributed by atoms with Gasteiger partial charge < -0.3 is 19.9 Å². The number of para-hydroxylation sites is 1. The number of anilines is 3. The SMILES string of the molecule is CC(=O)c1c(C)[nH]c(C(=O)Nc2ccc(N3CCOCC3)c(S(=O)(=O)Nc3ccccc3Cl)c2)c1C. The second kappa shape index (κ2) is 10.3. The molecular formula is C25H27ClN4O5S. The summed E-state index contributed by atoms with van der Waals surface area (Å²) < 4.78 is 35.0. The van der Waals surface area contributed by atoms with Gasteiger partial charge in [-0.2, -0.15) is 0 Å². The van der Waals surface area contributed by atoms with Crippen LogP contribution in [0.3, 0.4) is 0 Å². The normalized spacial score (nSPS) is 13.9. The molecule has 0 unspecified atom stereocenters. The molecule has 11 heteroatoms. The van der Waals surface area contributed by atoms with Crippen molar-refractivity contribution in [1.82, 2.24) is 4.98 Å². The summed E-state index contributed by atoms with van der Waals surface area (Å²) in [5.74, 6) is -0.626. The monoisotopic (exact) mass is 530 g/mol. The van der Waals surface area contributed by atoms with Gasteiger partial charge in [0.25, 0.3) is 15.9 Å². The Morgan fingerprint density at radius 1 is 1.08 bits per heavy atom. The lowest BCUT2D eigenvalue weighted by atomic mass is 10.1. The Hall–Kier alpha value is -3.34. The van der Waals surface area contributed by atoms with Crippen molar-refractivity contribution in [1.29, 1.82) is 0 Å². The number of carbonyl (C=O) groups excluding carboxylic acids is 2. The summed E-state index contributed by atoms with van der Waals surface area (Å²) in [6.07, 6.45) is 0. The summed E-state index contributed by atoms with van der Waals surface area (Å²) in [5.41, 5.74) is 2.87. The van der Waals surface area contributed by atoms with Crippen LogP contribution in [0.15, 0.2) is 47.4 Å². The van der Waals surface area contributed by atoms with Gasteiger partial charge in [-0.05, 0) is 56.7 Å². The van der Waals surface area contributed by atoms with Crippen molar-refractivity contribution >= 4 is 50.4 Å². The number of nitrogens with zero attached hydrogens (tertiary/aromatic N) is 1. The van der Waals surface area contributed by atoms with Gasteiger partial charge in [0, 0.05) is 30.0 Å². The number of aromatic amines is 1. The molecule has 0 atom stereocenters. The van der Waals surface area contributed by atoms with E-state index in [4.69, 9.17) is 16.3 Å². The number of morpholine rings is 1. The highest BCUT2D eigenvalue weighted by atomic mass is 35.5. The Kier molecular flexibility index (Phi) is 7.39. The molecule has 190 valence electrons. The third kappa shape index (κ3) is 5.25. The van der Waals surface area contributed by atoms with Crippen molar-refractivity contribution in [2.24, 2.45) is 0 Å². The second-order valence-electron chi connectivity index (χ2n) is 8.50. The largest absolute Gasteiger partial charge is 0.378 e. The highest BCUT2D eigenvalue weighted by Gasteiger charge is 2.26. The molecule has 1 amide bonds. The number of amides is 1. The number of carbonyl (C=O) groups is 2. The highest BCUT2D eigenvalue weighted by Crippen LogP contribution is 2.32. The lowest BCUT2D eigenvalue weighted by Gasteiger charge is -2.30. The van der Waals surface area contributed by atoms with Crippen LogP contribution in [0, 0.1) is 13.8 Å². The number of aromatic nitrogens is 1. The van der Waals surface area contributed by atoms with E-state index in [1.165, 1.54) is 13.0 Å². The maximum atomic E-state index is 13.5. The Morgan fingerprint density at radius 3 is 2.42 bits per heavy atom. The first-order chi connectivity index (χ1) is 17.1. The van der Waals surface area contributed by atoms with Crippen molar-refractivity contribution < 1.29 is 22.7 Å². The highest BCUT2D eigenvalue weighted by molar-refractivity contribution is 7.93. The molecule has 4 rings (SSSR count). The molecule has 1 aromatic heterocycles. The van der Waals surface area contributed by atoms with Crippen molar-refractivity contribution in [3.63, 3.8) is 0 Å². The zero-order chi connectivity index (χ0) is 26.0. The summed E-state index contributed by atoms with van der Waals surface area (Å²) in [4.78, 5) is 29.9. The van der Waals surface area contributed by atoms with Gasteiger partial charge in [0.2, 0.25) is 0 Å². The average Bonchev–Trinajstić information content (AvgIpc) is 3.15. The lowest BCUT2D eigenvalue weighted by molar-refractivity contribution is 0.101. The molecule has 0 bridgehead atoms. The quantitative estimate of drug-likeness (QED) is 0.390. The molecule has 1 saturated heterocycles. The maximum absolute atomic E-state index is 13.5. The van der Waals surface area contributed by atoms with Crippen LogP contribution in [-0.4, -0.2) is 51.4 Å². The summed E-state index contributed by atoms with van der Waals surface area (Å²) in [7, 11) is -4.08. The Balaban J connectivity index is 1.71. The van der Waals surface area contributed by atoms with Gasteiger partial charge in [0.15, 0.2) is 5.78 Å². The summed E-state index contributed by atoms with van der Waals surface area (Å²) in [6, 6.07) is 11.3. The molecule has 2 heterocycles. The van der Waals surface area contributed by atoms with Crippen LogP contribution in [0.25, 0.3) is 0 Å². The smallest absolute Gasteiger partial charge is 0.272 e. The van der Waals surface area contributed by atoms with E-state index in [1.54, 1.807) is 50.2 Å². The standard InChI is InChI=1S/C25H27ClN4O5S/c1-15-23(17(3)31)16(2)27-24(15)25(32)28-18-8-9-21(30-10-12-35-13-11-30)22(14-18)36(33,34)29-20-7-5-4-6-19(20)26/h4-9,14,27,29H,10-13H2,1-3H3,(H,28,32). The molecule has 0 aliphatic carbocycles. The van der Waals surface area contributed by atoms with Gasteiger partial charge in [-0.25, -0.2) is 8.42 Å². The molecule has 1 aliphatic rings. The van der Waals surface area contributed by atoms with E-state index in [1.807, 2.05) is 4.90 Å². The zero-order valence-electron chi connectivity index (χ0n) is 20.1. The van der Waals surface area contributed by atoms with Crippen LogP contribution in [0.1, 0.15) is 39.0 Å². The van der Waals surface area contributed by atoms with E-state index in [-0.39, 0.29) is 32.8 Å². The van der Waals surface area contributed by atoms with Crippen LogP contribution >= 0.6 is 11.6 Å². The zero-order valence-corrected chi connectivity index (χ0v) is 21.7. The third-order valence-electron chi connectivity index (χ3n) is 5.99. The van der Waals surface area contributed by atoms with Gasteiger partial charge in [-0.3, -0.25) is 14.3 Å². The van der Waals surface area contributed by atoms with Crippen molar-refractivity contribution in [2.75, 3.05) is 41.2 Å². The molecule has 1 aliphatic heterocycles. The van der Waals surface area contributed by atoms with Crippen molar-refractivity contribution in [3.8, 4) is 0 Å². The third-order valence-corrected chi connectivity index (χ3v) is 7.72. The molecule has 9 nitrogen and oxygen atoms in total. The number of nitrogens with one attached hydrogen (secondary N) is 3. The molecule has 2 aromatic carbocycles. The minimum atomic E-state index is -4.08. The second-order valence-corrected chi connectivity index (χ2v) is 10.6. The fourth-order valence-corrected chi connectivity index (χ4v) is 5.89. The Bertz CT molecular complexity index is 1430. The Labute approximate surface area is 214 Å². The number of sulfonamides is 1. The van der Waals surface area contributed by atoms with Crippen LogP contribution in [0.4, 0.5) is 17.1 Å². The average molecular weight is 531 g/mol. The van der Waals surface area contributed by atoms with Gasteiger partial charge >= 0.3 is 0 Å². The van der Waals surface area contributed by atoms with E-state index in [0.29, 0.717) is 48.8 Å². The number of aryl methyl sites for hydroxylation is 1. The molecule has 3 N–H and O–H groups in total. The minimum Gasteiger partial charge on any atom is -0.378 e. The van der Waals surface area contributed by atoms with Crippen LogP contribution in [-0.2, 0) is 14.8 Å². The summed E-state index contributed by atoms with van der Waals surface area (Å²) in [5, 5.41) is 3.01. The van der Waals surface area contributed by atoms with E-state index < -0.39 is 15.9 Å². The van der Waals surface area contributed by atoms with E-state index in [0.717, 1.165) is 0 Å². The first-order valence-corrected chi connectivity index (χ1v) is 13.2. The number of halogens is 1.